The molecule has 1 fully saturated rings. The van der Waals surface area contributed by atoms with Crippen molar-refractivity contribution in [3.8, 4) is 17.3 Å². The van der Waals surface area contributed by atoms with Gasteiger partial charge in [-0.3, -0.25) is 4.79 Å². The second kappa shape index (κ2) is 10.2. The second-order valence-electron chi connectivity index (χ2n) is 9.04. The van der Waals surface area contributed by atoms with E-state index in [1.165, 1.54) is 0 Å². The summed E-state index contributed by atoms with van der Waals surface area (Å²) in [6, 6.07) is 17.9. The van der Waals surface area contributed by atoms with Gasteiger partial charge in [-0.15, -0.1) is 0 Å². The summed E-state index contributed by atoms with van der Waals surface area (Å²) in [6.07, 6.45) is 2.11. The van der Waals surface area contributed by atoms with E-state index in [9.17, 15) is 4.79 Å². The van der Waals surface area contributed by atoms with Gasteiger partial charge in [0, 0.05) is 19.1 Å². The molecule has 6 nitrogen and oxygen atoms in total. The first-order valence-electron chi connectivity index (χ1n) is 11.7. The number of aryl methyl sites for hydroxylation is 2. The van der Waals surface area contributed by atoms with Gasteiger partial charge in [0.2, 0.25) is 11.8 Å². The van der Waals surface area contributed by atoms with Crippen molar-refractivity contribution in [1.29, 1.82) is 0 Å². The lowest BCUT2D eigenvalue weighted by molar-refractivity contribution is -0.136. The highest BCUT2D eigenvalue weighted by Crippen LogP contribution is 2.32. The molecule has 1 aliphatic heterocycles. The van der Waals surface area contributed by atoms with Crippen LogP contribution in [0.3, 0.4) is 0 Å². The fraction of sp³-hybridized carbons (Fsp3) is 0.407. The third kappa shape index (κ3) is 5.45. The molecule has 0 aliphatic carbocycles. The van der Waals surface area contributed by atoms with Crippen molar-refractivity contribution in [2.24, 2.45) is 5.92 Å². The van der Waals surface area contributed by atoms with Gasteiger partial charge in [-0.05, 0) is 56.5 Å². The van der Waals surface area contributed by atoms with Crippen molar-refractivity contribution in [2.75, 3.05) is 13.2 Å². The highest BCUT2D eigenvalue weighted by atomic mass is 16.5. The first-order chi connectivity index (χ1) is 15.9. The van der Waals surface area contributed by atoms with Crippen LogP contribution >= 0.6 is 0 Å². The summed E-state index contributed by atoms with van der Waals surface area (Å²) in [7, 11) is 0. The number of nitrogens with zero attached hydrogens (tertiary/aromatic N) is 3. The number of carbonyl (C=O) groups excluding carboxylic acids is 1. The van der Waals surface area contributed by atoms with Crippen molar-refractivity contribution in [3.63, 3.8) is 0 Å². The minimum Gasteiger partial charge on any atom is -0.439 e. The Kier molecular flexibility index (Phi) is 7.14. The number of benzene rings is 2. The lowest BCUT2D eigenvalue weighted by Gasteiger charge is -2.27. The fourth-order valence-corrected chi connectivity index (χ4v) is 4.18. The summed E-state index contributed by atoms with van der Waals surface area (Å²) >= 11 is 0. The van der Waals surface area contributed by atoms with Crippen molar-refractivity contribution in [2.45, 2.75) is 53.2 Å². The third-order valence-corrected chi connectivity index (χ3v) is 5.94. The monoisotopic (exact) mass is 447 g/mol. The number of hydrogen-bond acceptors (Lipinski definition) is 4. The number of aromatic nitrogens is 2. The molecule has 1 saturated heterocycles. The van der Waals surface area contributed by atoms with Gasteiger partial charge in [0.15, 0.2) is 0 Å². The number of ether oxygens (including phenoxy) is 2. The van der Waals surface area contributed by atoms with Crippen LogP contribution in [-0.4, -0.2) is 39.8 Å². The van der Waals surface area contributed by atoms with E-state index in [1.54, 1.807) is 0 Å². The van der Waals surface area contributed by atoms with Crippen LogP contribution in [0.25, 0.3) is 5.69 Å². The van der Waals surface area contributed by atoms with Crippen LogP contribution in [0.2, 0.25) is 0 Å². The Bertz CT molecular complexity index is 1090. The predicted octanol–water partition coefficient (Wildman–Crippen LogP) is 5.45. The van der Waals surface area contributed by atoms with E-state index >= 15 is 0 Å². The maximum absolute atomic E-state index is 13.1. The summed E-state index contributed by atoms with van der Waals surface area (Å²) in [5.41, 5.74) is 3.78. The topological polar surface area (TPSA) is 56.6 Å². The molecular weight excluding hydrogens is 414 g/mol. The van der Waals surface area contributed by atoms with Crippen molar-refractivity contribution >= 4 is 5.91 Å². The predicted molar refractivity (Wildman–Crippen MR) is 129 cm³/mol. The smallest absolute Gasteiger partial charge is 0.227 e. The van der Waals surface area contributed by atoms with Gasteiger partial charge >= 0.3 is 0 Å². The molecule has 2 heterocycles. The van der Waals surface area contributed by atoms with Gasteiger partial charge < -0.3 is 14.4 Å². The molecule has 0 bridgehead atoms. The zero-order chi connectivity index (χ0) is 23.4. The Morgan fingerprint density at radius 2 is 1.97 bits per heavy atom. The maximum Gasteiger partial charge on any atom is 0.227 e. The normalized spacial score (nSPS) is 15.7. The van der Waals surface area contributed by atoms with Gasteiger partial charge in [0.25, 0.3) is 0 Å². The van der Waals surface area contributed by atoms with Crippen LogP contribution in [0.15, 0.2) is 54.6 Å². The van der Waals surface area contributed by atoms with Gasteiger partial charge in [-0.2, -0.15) is 5.10 Å². The largest absolute Gasteiger partial charge is 0.439 e. The van der Waals surface area contributed by atoms with E-state index in [2.05, 4.69) is 0 Å². The molecule has 0 N–H and O–H groups in total. The lowest BCUT2D eigenvalue weighted by atomic mass is 10.1. The quantitative estimate of drug-likeness (QED) is 0.461. The van der Waals surface area contributed by atoms with Gasteiger partial charge in [-0.1, -0.05) is 44.2 Å². The first kappa shape index (κ1) is 23.1. The van der Waals surface area contributed by atoms with Crippen LogP contribution in [0.5, 0.6) is 11.6 Å². The van der Waals surface area contributed by atoms with Crippen LogP contribution in [0.4, 0.5) is 0 Å². The molecule has 0 spiro atoms. The zero-order valence-corrected chi connectivity index (χ0v) is 20.0. The molecule has 0 saturated carbocycles. The summed E-state index contributed by atoms with van der Waals surface area (Å²) in [6.45, 7) is 9.67. The molecule has 33 heavy (non-hydrogen) atoms. The Labute approximate surface area is 196 Å². The summed E-state index contributed by atoms with van der Waals surface area (Å²) in [4.78, 5) is 15.0. The molecule has 2 aromatic carbocycles. The minimum absolute atomic E-state index is 0.0818. The Hall–Kier alpha value is -3.12. The van der Waals surface area contributed by atoms with E-state index in [0.717, 1.165) is 47.7 Å². The summed E-state index contributed by atoms with van der Waals surface area (Å²) in [5, 5.41) is 4.81. The van der Waals surface area contributed by atoms with E-state index in [1.807, 2.05) is 91.9 Å². The van der Waals surface area contributed by atoms with E-state index in [0.29, 0.717) is 19.0 Å². The average Bonchev–Trinajstić information content (AvgIpc) is 3.42. The van der Waals surface area contributed by atoms with Crippen molar-refractivity contribution < 1.29 is 14.3 Å². The van der Waals surface area contributed by atoms with Crippen LogP contribution in [0.1, 0.15) is 43.5 Å². The lowest BCUT2D eigenvalue weighted by Crippen LogP contribution is -2.39. The molecule has 1 aliphatic rings. The minimum atomic E-state index is -0.1000. The average molecular weight is 448 g/mol. The Morgan fingerprint density at radius 1 is 1.18 bits per heavy atom. The molecule has 1 atom stereocenters. The second-order valence-corrected chi connectivity index (χ2v) is 9.04. The molecular formula is C27H33N3O3. The number of rotatable bonds is 8. The van der Waals surface area contributed by atoms with E-state index in [-0.39, 0.29) is 17.9 Å². The van der Waals surface area contributed by atoms with Crippen molar-refractivity contribution in [1.82, 2.24) is 14.7 Å². The molecule has 4 rings (SSSR count). The highest BCUT2D eigenvalue weighted by molar-refractivity contribution is 5.78. The Balaban J connectivity index is 1.73. The van der Waals surface area contributed by atoms with Crippen LogP contribution in [0, 0.1) is 19.8 Å². The maximum atomic E-state index is 13.1. The molecule has 174 valence electrons. The number of para-hydroxylation sites is 1. The summed E-state index contributed by atoms with van der Waals surface area (Å²) in [5.74, 6) is 1.39. The van der Waals surface area contributed by atoms with Gasteiger partial charge in [-0.25, -0.2) is 4.68 Å². The highest BCUT2D eigenvalue weighted by Gasteiger charge is 2.28. The summed E-state index contributed by atoms with van der Waals surface area (Å²) < 4.78 is 14.1. The third-order valence-electron chi connectivity index (χ3n) is 5.94. The van der Waals surface area contributed by atoms with Crippen molar-refractivity contribution in [3.05, 3.63) is 71.4 Å². The van der Waals surface area contributed by atoms with Gasteiger partial charge in [0.1, 0.15) is 5.75 Å². The molecule has 0 radical (unpaired) electrons. The van der Waals surface area contributed by atoms with E-state index < -0.39 is 0 Å². The molecule has 0 unspecified atom stereocenters. The zero-order valence-electron chi connectivity index (χ0n) is 20.0. The first-order valence-corrected chi connectivity index (χ1v) is 11.7. The Morgan fingerprint density at radius 3 is 2.64 bits per heavy atom. The standard InChI is InChI=1S/C27H33N3O3/c1-19(2)26(31)29(17-24-14-9-15-32-24)18-25-21(4)28-30(22-11-6-5-7-12-22)27(25)33-23-13-8-10-20(3)16-23/h5-8,10-13,16,19,24H,9,14-15,17-18H2,1-4H3/t24-/m1/s1. The molecule has 6 heteroatoms. The van der Waals surface area contributed by atoms with E-state index in [4.69, 9.17) is 14.6 Å². The molecule has 1 amide bonds. The fourth-order valence-electron chi connectivity index (χ4n) is 4.18. The molecule has 3 aromatic rings. The number of hydrogen-bond donors (Lipinski definition) is 0. The molecule has 1 aromatic heterocycles. The van der Waals surface area contributed by atoms with Gasteiger partial charge in [0.05, 0.1) is 29.6 Å². The number of amides is 1. The SMILES string of the molecule is Cc1cccc(Oc2c(CN(C[C@H]3CCCO3)C(=O)C(C)C)c(C)nn2-c2ccccc2)c1. The van der Waals surface area contributed by atoms with Crippen LogP contribution < -0.4 is 4.74 Å². The van der Waals surface area contributed by atoms with Crippen LogP contribution in [-0.2, 0) is 16.1 Å². The number of carbonyl (C=O) groups is 1.